The molecule has 3 N–H and O–H groups in total. The zero-order chi connectivity index (χ0) is 19.0. The summed E-state index contributed by atoms with van der Waals surface area (Å²) in [6.07, 6.45) is 3.19. The van der Waals surface area contributed by atoms with E-state index in [1.165, 1.54) is 10.7 Å². The number of nitrogens with one attached hydrogen (secondary N) is 1. The van der Waals surface area contributed by atoms with Crippen molar-refractivity contribution in [3.63, 3.8) is 0 Å². The highest BCUT2D eigenvalue weighted by Crippen LogP contribution is 2.14. The van der Waals surface area contributed by atoms with Gasteiger partial charge in [-0.2, -0.15) is 4.31 Å². The van der Waals surface area contributed by atoms with Gasteiger partial charge in [-0.3, -0.25) is 4.99 Å². The molecule has 0 aromatic carbocycles. The number of hydrogen-bond acceptors (Lipinski definition) is 4. The molecule has 0 bridgehead atoms. The molecule has 1 aliphatic rings. The molecule has 26 heavy (non-hydrogen) atoms. The zero-order valence-corrected chi connectivity index (χ0v) is 19.9. The second-order valence-electron chi connectivity index (χ2n) is 7.53. The van der Waals surface area contributed by atoms with Crippen molar-refractivity contribution in [3.8, 4) is 0 Å². The first-order chi connectivity index (χ1) is 11.6. The van der Waals surface area contributed by atoms with Gasteiger partial charge in [-0.05, 0) is 33.1 Å². The van der Waals surface area contributed by atoms with Gasteiger partial charge in [0.2, 0.25) is 10.0 Å². The first-order valence-corrected chi connectivity index (χ1v) is 10.9. The van der Waals surface area contributed by atoms with Crippen LogP contribution in [0.4, 0.5) is 0 Å². The molecule has 1 aliphatic heterocycles. The summed E-state index contributed by atoms with van der Waals surface area (Å²) < 4.78 is 31.9. The number of guanidine groups is 1. The number of halogens is 1. The number of nitrogens with zero attached hydrogens (tertiary/aromatic N) is 2. The predicted octanol–water partition coefficient (Wildman–Crippen LogP) is 2.16. The molecule has 0 radical (unpaired) electrons. The molecule has 1 saturated heterocycles. The molecule has 0 spiro atoms. The Balaban J connectivity index is 0.00000625. The van der Waals surface area contributed by atoms with E-state index in [0.29, 0.717) is 25.0 Å². The third kappa shape index (κ3) is 10.3. The van der Waals surface area contributed by atoms with Gasteiger partial charge in [0.25, 0.3) is 0 Å². The summed E-state index contributed by atoms with van der Waals surface area (Å²) in [6, 6.07) is 0.236. The molecular weight excluding hydrogens is 467 g/mol. The highest BCUT2D eigenvalue weighted by Gasteiger charge is 2.30. The van der Waals surface area contributed by atoms with Gasteiger partial charge in [0.05, 0.1) is 24.5 Å². The molecule has 0 aromatic rings. The SMILES string of the molecule is CC(C)CCCC(C)NC(N)=NCCS(=O)(=O)N1CC(C)OC(C)C1.I. The van der Waals surface area contributed by atoms with Crippen molar-refractivity contribution < 1.29 is 13.2 Å². The summed E-state index contributed by atoms with van der Waals surface area (Å²) in [5, 5.41) is 3.13. The fourth-order valence-corrected chi connectivity index (χ4v) is 4.43. The first-order valence-electron chi connectivity index (χ1n) is 9.30. The maximum Gasteiger partial charge on any atom is 0.216 e. The second kappa shape index (κ2) is 12.4. The van der Waals surface area contributed by atoms with Crippen molar-refractivity contribution in [3.05, 3.63) is 0 Å². The maximum absolute atomic E-state index is 12.4. The summed E-state index contributed by atoms with van der Waals surface area (Å²) in [7, 11) is -3.33. The fourth-order valence-electron chi connectivity index (χ4n) is 2.97. The number of rotatable bonds is 9. The quantitative estimate of drug-likeness (QED) is 0.285. The van der Waals surface area contributed by atoms with Crippen LogP contribution in [0.3, 0.4) is 0 Å². The summed E-state index contributed by atoms with van der Waals surface area (Å²) in [5.41, 5.74) is 5.87. The third-order valence-corrected chi connectivity index (χ3v) is 6.01. The van der Waals surface area contributed by atoms with Crippen LogP contribution in [0.5, 0.6) is 0 Å². The summed E-state index contributed by atoms with van der Waals surface area (Å²) in [6.45, 7) is 11.2. The van der Waals surface area contributed by atoms with Gasteiger partial charge in [-0.15, -0.1) is 24.0 Å². The minimum absolute atomic E-state index is 0. The van der Waals surface area contributed by atoms with Gasteiger partial charge in [0.1, 0.15) is 0 Å². The summed E-state index contributed by atoms with van der Waals surface area (Å²) >= 11 is 0. The van der Waals surface area contributed by atoms with E-state index >= 15 is 0 Å². The fraction of sp³-hybridized carbons (Fsp3) is 0.941. The van der Waals surface area contributed by atoms with Gasteiger partial charge in [-0.1, -0.05) is 26.7 Å². The van der Waals surface area contributed by atoms with Crippen molar-refractivity contribution >= 4 is 40.0 Å². The van der Waals surface area contributed by atoms with E-state index in [-0.39, 0.29) is 54.5 Å². The Morgan fingerprint density at radius 3 is 2.35 bits per heavy atom. The average Bonchev–Trinajstić information content (AvgIpc) is 2.45. The Labute approximate surface area is 176 Å². The van der Waals surface area contributed by atoms with E-state index in [1.54, 1.807) is 0 Å². The van der Waals surface area contributed by atoms with E-state index in [1.807, 2.05) is 13.8 Å². The third-order valence-electron chi connectivity index (χ3n) is 4.22. The van der Waals surface area contributed by atoms with Crippen LogP contribution in [0.1, 0.15) is 53.9 Å². The molecule has 3 atom stereocenters. The molecular formula is C17H37IN4O3S. The summed E-state index contributed by atoms with van der Waals surface area (Å²) in [4.78, 5) is 4.17. The van der Waals surface area contributed by atoms with Crippen molar-refractivity contribution in [1.82, 2.24) is 9.62 Å². The van der Waals surface area contributed by atoms with Crippen LogP contribution in [0.15, 0.2) is 4.99 Å². The molecule has 0 saturated carbocycles. The predicted molar refractivity (Wildman–Crippen MR) is 119 cm³/mol. The van der Waals surface area contributed by atoms with Crippen LogP contribution < -0.4 is 11.1 Å². The zero-order valence-electron chi connectivity index (χ0n) is 16.8. The number of aliphatic imine (C=N–C) groups is 1. The second-order valence-corrected chi connectivity index (χ2v) is 9.62. The molecule has 1 rings (SSSR count). The highest BCUT2D eigenvalue weighted by atomic mass is 127. The van der Waals surface area contributed by atoms with Gasteiger partial charge >= 0.3 is 0 Å². The number of morpholine rings is 1. The largest absolute Gasteiger partial charge is 0.373 e. The first kappa shape index (κ1) is 25.9. The number of ether oxygens (including phenoxy) is 1. The average molecular weight is 504 g/mol. The molecule has 0 aromatic heterocycles. The Morgan fingerprint density at radius 2 is 1.81 bits per heavy atom. The van der Waals surface area contributed by atoms with Crippen LogP contribution in [0.2, 0.25) is 0 Å². The van der Waals surface area contributed by atoms with Crippen LogP contribution in [-0.4, -0.2) is 62.3 Å². The normalized spacial score (nSPS) is 23.5. The van der Waals surface area contributed by atoms with Crippen molar-refractivity contribution in [1.29, 1.82) is 0 Å². The monoisotopic (exact) mass is 504 g/mol. The van der Waals surface area contributed by atoms with Crippen LogP contribution in [0.25, 0.3) is 0 Å². The van der Waals surface area contributed by atoms with E-state index in [4.69, 9.17) is 10.5 Å². The molecule has 9 heteroatoms. The van der Waals surface area contributed by atoms with Gasteiger partial charge < -0.3 is 15.8 Å². The Kier molecular flexibility index (Phi) is 12.3. The summed E-state index contributed by atoms with van der Waals surface area (Å²) in [5.74, 6) is 0.987. The molecule has 3 unspecified atom stereocenters. The van der Waals surface area contributed by atoms with Gasteiger partial charge in [0, 0.05) is 19.1 Å². The van der Waals surface area contributed by atoms with Gasteiger partial charge in [-0.25, -0.2) is 8.42 Å². The Hall–Kier alpha value is -0.130. The molecule has 7 nitrogen and oxygen atoms in total. The minimum Gasteiger partial charge on any atom is -0.373 e. The topological polar surface area (TPSA) is 97.0 Å². The number of sulfonamides is 1. The van der Waals surface area contributed by atoms with E-state index in [9.17, 15) is 8.42 Å². The maximum atomic E-state index is 12.4. The Morgan fingerprint density at radius 1 is 1.23 bits per heavy atom. The van der Waals surface area contributed by atoms with Crippen LogP contribution in [0, 0.1) is 5.92 Å². The van der Waals surface area contributed by atoms with E-state index in [0.717, 1.165) is 12.8 Å². The van der Waals surface area contributed by atoms with E-state index in [2.05, 4.69) is 31.1 Å². The standard InChI is InChI=1S/C17H36N4O3S.HI/c1-13(2)7-6-8-14(3)20-17(18)19-9-10-25(22,23)21-11-15(4)24-16(5)12-21;/h13-16H,6-12H2,1-5H3,(H3,18,19,20);1H. The Bertz CT molecular complexity index is 518. The van der Waals surface area contributed by atoms with Crippen molar-refractivity contribution in [2.75, 3.05) is 25.4 Å². The van der Waals surface area contributed by atoms with Crippen molar-refractivity contribution in [2.24, 2.45) is 16.6 Å². The van der Waals surface area contributed by atoms with Crippen LogP contribution >= 0.6 is 24.0 Å². The van der Waals surface area contributed by atoms with Crippen molar-refractivity contribution in [2.45, 2.75) is 72.1 Å². The molecule has 1 heterocycles. The minimum atomic E-state index is -3.33. The number of nitrogens with two attached hydrogens (primary N) is 1. The molecule has 156 valence electrons. The molecule has 1 fully saturated rings. The lowest BCUT2D eigenvalue weighted by Gasteiger charge is -2.34. The lowest BCUT2D eigenvalue weighted by Crippen LogP contribution is -2.49. The van der Waals surface area contributed by atoms with Gasteiger partial charge in [0.15, 0.2) is 5.96 Å². The molecule has 0 aliphatic carbocycles. The molecule has 0 amide bonds. The van der Waals surface area contributed by atoms with Crippen LogP contribution in [-0.2, 0) is 14.8 Å². The highest BCUT2D eigenvalue weighted by molar-refractivity contribution is 14.0. The lowest BCUT2D eigenvalue weighted by molar-refractivity contribution is -0.0440. The smallest absolute Gasteiger partial charge is 0.216 e. The number of hydrogen-bond donors (Lipinski definition) is 2. The lowest BCUT2D eigenvalue weighted by atomic mass is 10.0. The van der Waals surface area contributed by atoms with E-state index < -0.39 is 10.0 Å².